The molecule has 0 aliphatic carbocycles. The number of nitrogens with zero attached hydrogens (tertiary/aromatic N) is 6. The van der Waals surface area contributed by atoms with E-state index in [1.54, 1.807) is 30.5 Å². The Labute approximate surface area is 233 Å². The first-order valence-electron chi connectivity index (χ1n) is 12.5. The number of aromatic nitrogens is 4. The number of halogens is 1. The molecule has 0 unspecified atom stereocenters. The summed E-state index contributed by atoms with van der Waals surface area (Å²) in [6.07, 6.45) is 1.57. The number of carbonyl (C=O) groups is 1. The molecular weight excluding hydrogens is 535 g/mol. The molecule has 8 nitrogen and oxygen atoms in total. The zero-order valence-corrected chi connectivity index (χ0v) is 22.8. The van der Waals surface area contributed by atoms with Crippen LogP contribution < -0.4 is 4.90 Å². The van der Waals surface area contributed by atoms with Crippen LogP contribution in [-0.2, 0) is 5.75 Å². The Hall–Kier alpha value is -3.96. The highest BCUT2D eigenvalue weighted by atomic mass is 32.2. The number of thiazole rings is 1. The molecule has 0 N–H and O–H groups in total. The van der Waals surface area contributed by atoms with E-state index in [1.807, 2.05) is 20.9 Å². The van der Waals surface area contributed by atoms with Gasteiger partial charge in [0.25, 0.3) is 5.91 Å². The molecule has 2 aromatic carbocycles. The van der Waals surface area contributed by atoms with Crippen LogP contribution >= 0.6 is 23.1 Å². The number of anilines is 1. The Morgan fingerprint density at radius 2 is 1.82 bits per heavy atom. The zero-order chi connectivity index (χ0) is 26.8. The summed E-state index contributed by atoms with van der Waals surface area (Å²) < 4.78 is 21.0. The van der Waals surface area contributed by atoms with Crippen molar-refractivity contribution in [2.24, 2.45) is 0 Å². The van der Waals surface area contributed by atoms with Crippen LogP contribution in [0, 0.1) is 12.7 Å². The second-order valence-corrected chi connectivity index (χ2v) is 11.0. The van der Waals surface area contributed by atoms with Gasteiger partial charge in [-0.1, -0.05) is 30.0 Å². The molecule has 4 heterocycles. The maximum atomic E-state index is 13.6. The summed E-state index contributed by atoms with van der Waals surface area (Å²) in [7, 11) is 0. The van der Waals surface area contributed by atoms with Crippen molar-refractivity contribution >= 4 is 34.7 Å². The molecule has 0 saturated carbocycles. The molecule has 3 aromatic heterocycles. The van der Waals surface area contributed by atoms with Gasteiger partial charge in [-0.25, -0.2) is 9.37 Å². The van der Waals surface area contributed by atoms with E-state index >= 15 is 0 Å². The van der Waals surface area contributed by atoms with E-state index in [1.165, 1.54) is 46.5 Å². The average Bonchev–Trinajstić information content (AvgIpc) is 3.74. The van der Waals surface area contributed by atoms with Crippen LogP contribution in [0.3, 0.4) is 0 Å². The van der Waals surface area contributed by atoms with Crippen LogP contribution in [0.15, 0.2) is 81.9 Å². The fourth-order valence-electron chi connectivity index (χ4n) is 4.58. The first kappa shape index (κ1) is 25.3. The molecule has 1 saturated heterocycles. The third-order valence-corrected chi connectivity index (χ3v) is 8.55. The van der Waals surface area contributed by atoms with Crippen molar-refractivity contribution in [3.8, 4) is 17.3 Å². The van der Waals surface area contributed by atoms with Crippen LogP contribution in [0.25, 0.3) is 17.3 Å². The fraction of sp³-hybridized carbons (Fsp3) is 0.214. The molecule has 1 fully saturated rings. The smallest absolute Gasteiger partial charge is 0.273 e. The van der Waals surface area contributed by atoms with Crippen LogP contribution in [0.1, 0.15) is 21.1 Å². The molecular formula is C28H25FN6O2S2. The quantitative estimate of drug-likeness (QED) is 0.237. The van der Waals surface area contributed by atoms with Gasteiger partial charge in [0.2, 0.25) is 5.82 Å². The summed E-state index contributed by atoms with van der Waals surface area (Å²) in [5.74, 6) is 1.23. The molecule has 6 rings (SSSR count). The maximum Gasteiger partial charge on any atom is 0.273 e. The van der Waals surface area contributed by atoms with Gasteiger partial charge in [0.1, 0.15) is 16.5 Å². The lowest BCUT2D eigenvalue weighted by atomic mass is 10.1. The maximum absolute atomic E-state index is 13.6. The fourth-order valence-corrected chi connectivity index (χ4v) is 6.32. The minimum Gasteiger partial charge on any atom is -0.461 e. The number of amides is 1. The Bertz CT molecular complexity index is 1570. The van der Waals surface area contributed by atoms with E-state index in [2.05, 4.69) is 45.2 Å². The highest BCUT2D eigenvalue weighted by Gasteiger charge is 2.25. The van der Waals surface area contributed by atoms with Crippen molar-refractivity contribution in [1.82, 2.24) is 24.6 Å². The molecule has 1 amide bonds. The first-order valence-corrected chi connectivity index (χ1v) is 14.4. The monoisotopic (exact) mass is 560 g/mol. The number of rotatable bonds is 7. The molecule has 0 spiro atoms. The molecule has 11 heteroatoms. The molecule has 1 aliphatic rings. The van der Waals surface area contributed by atoms with E-state index in [-0.39, 0.29) is 11.7 Å². The predicted molar refractivity (Wildman–Crippen MR) is 150 cm³/mol. The lowest BCUT2D eigenvalue weighted by Gasteiger charge is -2.36. The summed E-state index contributed by atoms with van der Waals surface area (Å²) >= 11 is 2.90. The predicted octanol–water partition coefficient (Wildman–Crippen LogP) is 5.69. The summed E-state index contributed by atoms with van der Waals surface area (Å²) in [5, 5.41) is 11.9. The normalized spacial score (nSPS) is 13.7. The number of thioether (sulfide) groups is 1. The van der Waals surface area contributed by atoms with Crippen LogP contribution in [0.4, 0.5) is 10.1 Å². The van der Waals surface area contributed by atoms with Gasteiger partial charge in [-0.3, -0.25) is 9.36 Å². The molecule has 0 radical (unpaired) electrons. The van der Waals surface area contributed by atoms with Crippen molar-refractivity contribution in [2.75, 3.05) is 31.1 Å². The Balaban J connectivity index is 1.13. The summed E-state index contributed by atoms with van der Waals surface area (Å²) in [5.41, 5.74) is 3.65. The van der Waals surface area contributed by atoms with Crippen molar-refractivity contribution < 1.29 is 13.6 Å². The Morgan fingerprint density at radius 1 is 1.03 bits per heavy atom. The number of hydrogen-bond donors (Lipinski definition) is 0. The minimum atomic E-state index is -0.322. The average molecular weight is 561 g/mol. The highest BCUT2D eigenvalue weighted by molar-refractivity contribution is 7.98. The van der Waals surface area contributed by atoms with Gasteiger partial charge in [-0.05, 0) is 55.0 Å². The van der Waals surface area contributed by atoms with Crippen molar-refractivity contribution in [3.05, 3.63) is 94.4 Å². The number of benzene rings is 2. The highest BCUT2D eigenvalue weighted by Crippen LogP contribution is 2.31. The number of hydrogen-bond acceptors (Lipinski definition) is 8. The second kappa shape index (κ2) is 11.0. The SMILES string of the molecule is Cc1ccccc1N1CCN(C(=O)c2csc(CSc3nnc(-c4ccco4)n3-c3ccc(F)cc3)n2)CC1. The third kappa shape index (κ3) is 5.32. The van der Waals surface area contributed by atoms with Gasteiger partial charge in [-0.15, -0.1) is 21.5 Å². The van der Waals surface area contributed by atoms with Crippen molar-refractivity contribution in [3.63, 3.8) is 0 Å². The van der Waals surface area contributed by atoms with E-state index in [4.69, 9.17) is 4.42 Å². The standard InChI is InChI=1S/C28H25FN6O2S2/c1-19-5-2-3-6-23(19)33-12-14-34(15-13-33)27(36)22-17-38-25(30-22)18-39-28-32-31-26(24-7-4-16-37-24)35(28)21-10-8-20(29)9-11-21/h2-11,16-17H,12-15,18H2,1H3. The van der Waals surface area contributed by atoms with E-state index in [9.17, 15) is 9.18 Å². The summed E-state index contributed by atoms with van der Waals surface area (Å²) in [6, 6.07) is 18.1. The number of piperazine rings is 1. The van der Waals surface area contributed by atoms with Crippen LogP contribution in [0.5, 0.6) is 0 Å². The number of carbonyl (C=O) groups excluding carboxylic acids is 1. The zero-order valence-electron chi connectivity index (χ0n) is 21.2. The summed E-state index contributed by atoms with van der Waals surface area (Å²) in [6.45, 7) is 5.01. The van der Waals surface area contributed by atoms with E-state index in [0.717, 1.165) is 23.8 Å². The number of para-hydroxylation sites is 1. The van der Waals surface area contributed by atoms with E-state index < -0.39 is 0 Å². The molecule has 5 aromatic rings. The molecule has 198 valence electrons. The molecule has 0 bridgehead atoms. The number of furan rings is 1. The lowest BCUT2D eigenvalue weighted by molar-refractivity contribution is 0.0741. The van der Waals surface area contributed by atoms with Crippen molar-refractivity contribution in [1.29, 1.82) is 0 Å². The second-order valence-electron chi connectivity index (χ2n) is 9.08. The molecule has 0 atom stereocenters. The van der Waals surface area contributed by atoms with Crippen LogP contribution in [0.2, 0.25) is 0 Å². The van der Waals surface area contributed by atoms with Gasteiger partial charge in [0, 0.05) is 37.2 Å². The topological polar surface area (TPSA) is 80.3 Å². The first-order chi connectivity index (χ1) is 19.1. The molecule has 1 aliphatic heterocycles. The number of aryl methyl sites for hydroxylation is 1. The summed E-state index contributed by atoms with van der Waals surface area (Å²) in [4.78, 5) is 22.0. The van der Waals surface area contributed by atoms with Gasteiger partial charge in [0.15, 0.2) is 10.9 Å². The van der Waals surface area contributed by atoms with Crippen LogP contribution in [-0.4, -0.2) is 56.7 Å². The third-order valence-electron chi connectivity index (χ3n) is 6.58. The Morgan fingerprint density at radius 3 is 2.56 bits per heavy atom. The largest absolute Gasteiger partial charge is 0.461 e. The van der Waals surface area contributed by atoms with Gasteiger partial charge in [-0.2, -0.15) is 0 Å². The lowest BCUT2D eigenvalue weighted by Crippen LogP contribution is -2.49. The minimum absolute atomic E-state index is 0.0403. The van der Waals surface area contributed by atoms with Gasteiger partial charge in [0.05, 0.1) is 17.7 Å². The van der Waals surface area contributed by atoms with E-state index in [0.29, 0.717) is 41.3 Å². The van der Waals surface area contributed by atoms with Crippen molar-refractivity contribution in [2.45, 2.75) is 17.8 Å². The van der Waals surface area contributed by atoms with Gasteiger partial charge >= 0.3 is 0 Å². The van der Waals surface area contributed by atoms with Gasteiger partial charge < -0.3 is 14.2 Å². The Kier molecular flexibility index (Phi) is 7.16. The molecule has 39 heavy (non-hydrogen) atoms.